The van der Waals surface area contributed by atoms with Crippen LogP contribution in [0, 0.1) is 5.41 Å². The van der Waals surface area contributed by atoms with E-state index in [-0.39, 0.29) is 11.5 Å². The van der Waals surface area contributed by atoms with Gasteiger partial charge in [0, 0.05) is 24.4 Å². The quantitative estimate of drug-likeness (QED) is 0.830. The van der Waals surface area contributed by atoms with Crippen molar-refractivity contribution in [2.24, 2.45) is 11.1 Å². The Morgan fingerprint density at radius 2 is 2.29 bits per heavy atom. The van der Waals surface area contributed by atoms with Crippen LogP contribution < -0.4 is 5.73 Å². The van der Waals surface area contributed by atoms with Gasteiger partial charge in [0.15, 0.2) is 0 Å². The van der Waals surface area contributed by atoms with Crippen molar-refractivity contribution in [1.82, 2.24) is 4.98 Å². The zero-order valence-electron chi connectivity index (χ0n) is 8.78. The maximum Gasteiger partial charge on any atom is 0.119 e. The van der Waals surface area contributed by atoms with Crippen LogP contribution in [-0.2, 0) is 11.3 Å². The topological polar surface area (TPSA) is 48.1 Å². The molecular weight excluding hydrogens is 196 g/mol. The number of rotatable bonds is 3. The summed E-state index contributed by atoms with van der Waals surface area (Å²) in [5.41, 5.74) is 7.35. The van der Waals surface area contributed by atoms with E-state index in [9.17, 15) is 0 Å². The molecule has 2 unspecified atom stereocenters. The van der Waals surface area contributed by atoms with Gasteiger partial charge in [-0.2, -0.15) is 0 Å². The van der Waals surface area contributed by atoms with Crippen LogP contribution in [0.5, 0.6) is 0 Å². The van der Waals surface area contributed by atoms with Gasteiger partial charge in [-0.15, -0.1) is 11.3 Å². The first-order valence-electron chi connectivity index (χ1n) is 4.76. The van der Waals surface area contributed by atoms with E-state index >= 15 is 0 Å². The molecule has 1 heterocycles. The summed E-state index contributed by atoms with van der Waals surface area (Å²) in [6, 6.07) is 0.264. The molecule has 1 fully saturated rings. The molecular formula is C10H16N2OS. The minimum Gasteiger partial charge on any atom is -0.378 e. The fourth-order valence-electron chi connectivity index (χ4n) is 1.90. The third-order valence-electron chi connectivity index (χ3n) is 3.07. The van der Waals surface area contributed by atoms with Gasteiger partial charge in [-0.3, -0.25) is 0 Å². The van der Waals surface area contributed by atoms with E-state index in [0.717, 1.165) is 10.7 Å². The minimum absolute atomic E-state index is 0.221. The molecule has 1 aliphatic rings. The number of methoxy groups -OCH3 is 1. The summed E-state index contributed by atoms with van der Waals surface area (Å²) in [6.07, 6.45) is 0. The van der Waals surface area contributed by atoms with Gasteiger partial charge >= 0.3 is 0 Å². The van der Waals surface area contributed by atoms with Gasteiger partial charge in [0.2, 0.25) is 0 Å². The molecule has 0 bridgehead atoms. The van der Waals surface area contributed by atoms with Gasteiger partial charge in [0.1, 0.15) is 5.01 Å². The summed E-state index contributed by atoms with van der Waals surface area (Å²) in [6.45, 7) is 4.99. The summed E-state index contributed by atoms with van der Waals surface area (Å²) < 4.78 is 5.04. The van der Waals surface area contributed by atoms with Crippen molar-refractivity contribution < 1.29 is 4.74 Å². The molecule has 0 aliphatic heterocycles. The predicted molar refractivity (Wildman–Crippen MR) is 57.3 cm³/mol. The molecule has 1 aliphatic carbocycles. The molecule has 1 aromatic rings. The molecule has 0 spiro atoms. The van der Waals surface area contributed by atoms with Gasteiger partial charge in [0.25, 0.3) is 0 Å². The zero-order valence-corrected chi connectivity index (χ0v) is 9.60. The number of hydrogen-bond acceptors (Lipinski definition) is 4. The number of ether oxygens (including phenoxy) is 1. The lowest BCUT2D eigenvalue weighted by Crippen LogP contribution is -2.06. The Balaban J connectivity index is 2.12. The molecule has 2 atom stereocenters. The smallest absolute Gasteiger partial charge is 0.119 e. The molecule has 0 saturated heterocycles. The first kappa shape index (κ1) is 10.1. The van der Waals surface area contributed by atoms with Crippen LogP contribution in [0.15, 0.2) is 5.38 Å². The molecule has 14 heavy (non-hydrogen) atoms. The number of nitrogens with zero attached hydrogens (tertiary/aromatic N) is 1. The van der Waals surface area contributed by atoms with Crippen molar-refractivity contribution in [3.05, 3.63) is 16.1 Å². The summed E-state index contributed by atoms with van der Waals surface area (Å²) >= 11 is 1.65. The lowest BCUT2D eigenvalue weighted by Gasteiger charge is -1.97. The fraction of sp³-hybridized carbons (Fsp3) is 0.700. The van der Waals surface area contributed by atoms with Crippen LogP contribution in [-0.4, -0.2) is 18.1 Å². The third-order valence-corrected chi connectivity index (χ3v) is 3.91. The normalized spacial score (nSPS) is 29.1. The zero-order chi connectivity index (χ0) is 10.3. The molecule has 1 aromatic heterocycles. The Hall–Kier alpha value is -0.450. The van der Waals surface area contributed by atoms with Crippen LogP contribution in [0.4, 0.5) is 0 Å². The molecule has 4 heteroatoms. The fourth-order valence-corrected chi connectivity index (χ4v) is 2.70. The standard InChI is InChI=1S/C10H16N2OS/c1-10(2)8(9(10)11)6-5-14-7(12-6)4-13-3/h5,8-9H,4,11H2,1-3H3. The van der Waals surface area contributed by atoms with Crippen molar-refractivity contribution in [2.45, 2.75) is 32.4 Å². The Morgan fingerprint density at radius 1 is 1.64 bits per heavy atom. The van der Waals surface area contributed by atoms with Crippen molar-refractivity contribution in [1.29, 1.82) is 0 Å². The highest BCUT2D eigenvalue weighted by molar-refractivity contribution is 7.09. The van der Waals surface area contributed by atoms with Crippen molar-refractivity contribution in [2.75, 3.05) is 7.11 Å². The Bertz CT molecular complexity index is 335. The number of nitrogens with two attached hydrogens (primary N) is 1. The number of hydrogen-bond donors (Lipinski definition) is 1. The Kier molecular flexibility index (Phi) is 2.37. The molecule has 3 nitrogen and oxygen atoms in total. The second-order valence-corrected chi connectivity index (χ2v) is 5.37. The van der Waals surface area contributed by atoms with Gasteiger partial charge in [0.05, 0.1) is 12.3 Å². The lowest BCUT2D eigenvalue weighted by molar-refractivity contribution is 0.184. The summed E-state index contributed by atoms with van der Waals surface area (Å²) in [4.78, 5) is 4.52. The van der Waals surface area contributed by atoms with Crippen LogP contribution in [0.1, 0.15) is 30.5 Å². The monoisotopic (exact) mass is 212 g/mol. The largest absolute Gasteiger partial charge is 0.378 e. The molecule has 0 aromatic carbocycles. The first-order valence-corrected chi connectivity index (χ1v) is 5.64. The average Bonchev–Trinajstić information content (AvgIpc) is 2.52. The van der Waals surface area contributed by atoms with Crippen molar-refractivity contribution in [3.63, 3.8) is 0 Å². The van der Waals surface area contributed by atoms with Crippen LogP contribution in [0.3, 0.4) is 0 Å². The van der Waals surface area contributed by atoms with Gasteiger partial charge in [-0.05, 0) is 5.41 Å². The first-order chi connectivity index (χ1) is 6.57. The van der Waals surface area contributed by atoms with Crippen LogP contribution in [0.2, 0.25) is 0 Å². The molecule has 0 amide bonds. The molecule has 0 radical (unpaired) electrons. The second kappa shape index (κ2) is 3.29. The summed E-state index contributed by atoms with van der Waals surface area (Å²) in [5, 5.41) is 3.14. The van der Waals surface area contributed by atoms with E-state index in [2.05, 4.69) is 24.2 Å². The molecule has 1 saturated carbocycles. The molecule has 78 valence electrons. The minimum atomic E-state index is 0.221. The maximum atomic E-state index is 5.99. The highest BCUT2D eigenvalue weighted by atomic mass is 32.1. The van der Waals surface area contributed by atoms with Gasteiger partial charge < -0.3 is 10.5 Å². The van der Waals surface area contributed by atoms with Gasteiger partial charge in [-0.1, -0.05) is 13.8 Å². The third kappa shape index (κ3) is 1.47. The van der Waals surface area contributed by atoms with Crippen molar-refractivity contribution >= 4 is 11.3 Å². The van der Waals surface area contributed by atoms with Crippen LogP contribution >= 0.6 is 11.3 Å². The molecule has 2 rings (SSSR count). The SMILES string of the molecule is COCc1nc(C2C(N)C2(C)C)cs1. The van der Waals surface area contributed by atoms with E-state index in [1.807, 2.05) is 0 Å². The Labute approximate surface area is 88.3 Å². The average molecular weight is 212 g/mol. The van der Waals surface area contributed by atoms with E-state index in [1.165, 1.54) is 0 Å². The van der Waals surface area contributed by atoms with E-state index in [4.69, 9.17) is 10.5 Å². The second-order valence-electron chi connectivity index (χ2n) is 4.42. The maximum absolute atomic E-state index is 5.99. The van der Waals surface area contributed by atoms with E-state index in [1.54, 1.807) is 18.4 Å². The highest BCUT2D eigenvalue weighted by Crippen LogP contribution is 2.57. The van der Waals surface area contributed by atoms with Crippen LogP contribution in [0.25, 0.3) is 0 Å². The number of aromatic nitrogens is 1. The summed E-state index contributed by atoms with van der Waals surface area (Å²) in [7, 11) is 1.69. The van der Waals surface area contributed by atoms with E-state index < -0.39 is 0 Å². The summed E-state index contributed by atoms with van der Waals surface area (Å²) in [5.74, 6) is 0.435. The lowest BCUT2D eigenvalue weighted by atomic mass is 10.1. The Morgan fingerprint density at radius 3 is 2.79 bits per heavy atom. The predicted octanol–water partition coefficient (Wildman–Crippen LogP) is 1.74. The highest BCUT2D eigenvalue weighted by Gasteiger charge is 2.57. The van der Waals surface area contributed by atoms with E-state index in [0.29, 0.717) is 12.5 Å². The van der Waals surface area contributed by atoms with Crippen molar-refractivity contribution in [3.8, 4) is 0 Å². The number of thiazole rings is 1. The molecule has 2 N–H and O–H groups in total. The van der Waals surface area contributed by atoms with Gasteiger partial charge in [-0.25, -0.2) is 4.98 Å².